The molecule has 88 valence electrons. The second-order valence-corrected chi connectivity index (χ2v) is 4.76. The smallest absolute Gasteiger partial charge is 0.139 e. The van der Waals surface area contributed by atoms with E-state index < -0.39 is 0 Å². The van der Waals surface area contributed by atoms with E-state index in [-0.39, 0.29) is 5.41 Å². The average Bonchev–Trinajstić information content (AvgIpc) is 2.30. The number of hydrogen-bond donors (Lipinski definition) is 1. The first-order valence-corrected chi connectivity index (χ1v) is 6.49. The van der Waals surface area contributed by atoms with E-state index in [1.54, 1.807) is 0 Å². The summed E-state index contributed by atoms with van der Waals surface area (Å²) >= 11 is 0. The molecule has 1 fully saturated rings. The van der Waals surface area contributed by atoms with Crippen LogP contribution in [0.4, 0.5) is 0 Å². The van der Waals surface area contributed by atoms with E-state index in [1.807, 2.05) is 0 Å². The Morgan fingerprint density at radius 2 is 1.87 bits per heavy atom. The largest absolute Gasteiger partial charge is 0.317 e. The molecular formula is C13H25NO. The van der Waals surface area contributed by atoms with Gasteiger partial charge in [0.25, 0.3) is 0 Å². The van der Waals surface area contributed by atoms with Crippen LogP contribution in [0.5, 0.6) is 0 Å². The van der Waals surface area contributed by atoms with E-state index >= 15 is 0 Å². The average molecular weight is 211 g/mol. The van der Waals surface area contributed by atoms with Gasteiger partial charge in [0.2, 0.25) is 0 Å². The molecule has 0 spiro atoms. The lowest BCUT2D eigenvalue weighted by Gasteiger charge is -2.35. The van der Waals surface area contributed by atoms with Crippen LogP contribution in [-0.2, 0) is 4.79 Å². The standard InChI is InChI=1S/C13H25NO/c1-3-5-6-7-12(15)13(4-2)8-10-14-11-9-13/h14H,3-11H2,1-2H3. The minimum atomic E-state index is 0.0268. The number of carbonyl (C=O) groups is 1. The Bertz CT molecular complexity index is 195. The molecule has 1 aliphatic rings. The molecule has 0 aromatic rings. The van der Waals surface area contributed by atoms with Gasteiger partial charge >= 0.3 is 0 Å². The van der Waals surface area contributed by atoms with Crippen LogP contribution in [0.1, 0.15) is 58.8 Å². The van der Waals surface area contributed by atoms with Crippen LogP contribution in [0, 0.1) is 5.41 Å². The molecule has 0 radical (unpaired) electrons. The molecule has 0 unspecified atom stereocenters. The number of ketones is 1. The fourth-order valence-electron chi connectivity index (χ4n) is 2.54. The van der Waals surface area contributed by atoms with Crippen LogP contribution < -0.4 is 5.32 Å². The Hall–Kier alpha value is -0.370. The third-order valence-corrected chi connectivity index (χ3v) is 3.84. The van der Waals surface area contributed by atoms with Crippen molar-refractivity contribution in [1.29, 1.82) is 0 Å². The fourth-order valence-corrected chi connectivity index (χ4v) is 2.54. The van der Waals surface area contributed by atoms with E-state index in [1.165, 1.54) is 12.8 Å². The van der Waals surface area contributed by atoms with Gasteiger partial charge < -0.3 is 5.32 Å². The van der Waals surface area contributed by atoms with Crippen molar-refractivity contribution in [3.05, 3.63) is 0 Å². The molecule has 0 aromatic heterocycles. The van der Waals surface area contributed by atoms with Gasteiger partial charge in [0.05, 0.1) is 0 Å². The number of rotatable bonds is 6. The Labute approximate surface area is 93.8 Å². The van der Waals surface area contributed by atoms with Gasteiger partial charge in [-0.3, -0.25) is 4.79 Å². The van der Waals surface area contributed by atoms with Gasteiger partial charge in [-0.05, 0) is 38.8 Å². The van der Waals surface area contributed by atoms with Crippen LogP contribution in [-0.4, -0.2) is 18.9 Å². The summed E-state index contributed by atoms with van der Waals surface area (Å²) in [6.45, 7) is 6.40. The second kappa shape index (κ2) is 6.26. The summed E-state index contributed by atoms with van der Waals surface area (Å²) < 4.78 is 0. The molecule has 1 aliphatic heterocycles. The SMILES string of the molecule is CCCCCC(=O)C1(CC)CCNCC1. The predicted molar refractivity (Wildman–Crippen MR) is 64.0 cm³/mol. The highest BCUT2D eigenvalue weighted by molar-refractivity contribution is 5.84. The molecule has 0 saturated carbocycles. The van der Waals surface area contributed by atoms with Crippen molar-refractivity contribution in [2.24, 2.45) is 5.41 Å². The fraction of sp³-hybridized carbons (Fsp3) is 0.923. The quantitative estimate of drug-likeness (QED) is 0.684. The number of Topliss-reactive ketones (excluding diaryl/α,β-unsaturated/α-hetero) is 1. The Morgan fingerprint density at radius 3 is 2.40 bits per heavy atom. The van der Waals surface area contributed by atoms with Crippen LogP contribution >= 0.6 is 0 Å². The molecule has 2 nitrogen and oxygen atoms in total. The molecule has 0 bridgehead atoms. The summed E-state index contributed by atoms with van der Waals surface area (Å²) in [6, 6.07) is 0. The van der Waals surface area contributed by atoms with E-state index in [0.29, 0.717) is 5.78 Å². The first-order chi connectivity index (χ1) is 7.25. The molecule has 1 N–H and O–H groups in total. The Balaban J connectivity index is 2.45. The molecule has 0 atom stereocenters. The van der Waals surface area contributed by atoms with Crippen molar-refractivity contribution in [2.75, 3.05) is 13.1 Å². The van der Waals surface area contributed by atoms with Crippen molar-refractivity contribution < 1.29 is 4.79 Å². The van der Waals surface area contributed by atoms with Crippen molar-refractivity contribution in [3.63, 3.8) is 0 Å². The topological polar surface area (TPSA) is 29.1 Å². The molecule has 1 heterocycles. The lowest BCUT2D eigenvalue weighted by molar-refractivity contribution is -0.130. The van der Waals surface area contributed by atoms with E-state index in [2.05, 4.69) is 19.2 Å². The van der Waals surface area contributed by atoms with Crippen LogP contribution in [0.15, 0.2) is 0 Å². The van der Waals surface area contributed by atoms with Gasteiger partial charge in [-0.1, -0.05) is 26.7 Å². The van der Waals surface area contributed by atoms with E-state index in [4.69, 9.17) is 0 Å². The normalized spacial score (nSPS) is 20.1. The summed E-state index contributed by atoms with van der Waals surface area (Å²) in [7, 11) is 0. The van der Waals surface area contributed by atoms with Gasteiger partial charge in [0.1, 0.15) is 5.78 Å². The van der Waals surface area contributed by atoms with E-state index in [9.17, 15) is 4.79 Å². The van der Waals surface area contributed by atoms with Gasteiger partial charge in [0, 0.05) is 11.8 Å². The predicted octanol–water partition coefficient (Wildman–Crippen LogP) is 2.92. The number of piperidine rings is 1. The summed E-state index contributed by atoms with van der Waals surface area (Å²) in [4.78, 5) is 12.2. The Morgan fingerprint density at radius 1 is 1.20 bits per heavy atom. The van der Waals surface area contributed by atoms with Crippen molar-refractivity contribution in [2.45, 2.75) is 58.8 Å². The molecule has 1 rings (SSSR count). The highest BCUT2D eigenvalue weighted by atomic mass is 16.1. The van der Waals surface area contributed by atoms with E-state index in [0.717, 1.165) is 45.2 Å². The third-order valence-electron chi connectivity index (χ3n) is 3.84. The summed E-state index contributed by atoms with van der Waals surface area (Å²) in [5.74, 6) is 0.528. The van der Waals surface area contributed by atoms with Gasteiger partial charge in [-0.25, -0.2) is 0 Å². The number of nitrogens with one attached hydrogen (secondary N) is 1. The summed E-state index contributed by atoms with van der Waals surface area (Å²) in [5, 5.41) is 3.34. The Kier molecular flexibility index (Phi) is 5.30. The highest BCUT2D eigenvalue weighted by Crippen LogP contribution is 2.35. The lowest BCUT2D eigenvalue weighted by atomic mass is 9.72. The zero-order chi connectivity index (χ0) is 11.1. The lowest BCUT2D eigenvalue weighted by Crippen LogP contribution is -2.41. The van der Waals surface area contributed by atoms with Crippen molar-refractivity contribution in [1.82, 2.24) is 5.32 Å². The third kappa shape index (κ3) is 3.30. The summed E-state index contributed by atoms with van der Waals surface area (Å²) in [5.41, 5.74) is 0.0268. The minimum absolute atomic E-state index is 0.0268. The van der Waals surface area contributed by atoms with Crippen LogP contribution in [0.2, 0.25) is 0 Å². The molecule has 0 aliphatic carbocycles. The maximum atomic E-state index is 12.2. The zero-order valence-electron chi connectivity index (χ0n) is 10.3. The van der Waals surface area contributed by atoms with Gasteiger partial charge in [0.15, 0.2) is 0 Å². The van der Waals surface area contributed by atoms with Crippen LogP contribution in [0.3, 0.4) is 0 Å². The van der Waals surface area contributed by atoms with Crippen molar-refractivity contribution >= 4 is 5.78 Å². The zero-order valence-corrected chi connectivity index (χ0v) is 10.3. The second-order valence-electron chi connectivity index (χ2n) is 4.76. The molecule has 2 heteroatoms. The molecule has 0 aromatic carbocycles. The number of hydrogen-bond acceptors (Lipinski definition) is 2. The molecule has 1 saturated heterocycles. The monoisotopic (exact) mass is 211 g/mol. The molecular weight excluding hydrogens is 186 g/mol. The highest BCUT2D eigenvalue weighted by Gasteiger charge is 2.36. The minimum Gasteiger partial charge on any atom is -0.317 e. The maximum Gasteiger partial charge on any atom is 0.139 e. The molecule has 0 amide bonds. The van der Waals surface area contributed by atoms with Crippen LogP contribution in [0.25, 0.3) is 0 Å². The summed E-state index contributed by atoms with van der Waals surface area (Å²) in [6.07, 6.45) is 7.42. The first-order valence-electron chi connectivity index (χ1n) is 6.49. The van der Waals surface area contributed by atoms with Gasteiger partial charge in [-0.2, -0.15) is 0 Å². The molecule has 15 heavy (non-hydrogen) atoms. The number of carbonyl (C=O) groups excluding carboxylic acids is 1. The maximum absolute atomic E-state index is 12.2. The first kappa shape index (κ1) is 12.7. The number of unbranched alkanes of at least 4 members (excludes halogenated alkanes) is 2. The van der Waals surface area contributed by atoms with Gasteiger partial charge in [-0.15, -0.1) is 0 Å². The van der Waals surface area contributed by atoms with Crippen molar-refractivity contribution in [3.8, 4) is 0 Å².